The molecule has 0 atom stereocenters. The second-order valence-corrected chi connectivity index (χ2v) is 5.97. The van der Waals surface area contributed by atoms with Gasteiger partial charge in [-0.05, 0) is 48.7 Å². The van der Waals surface area contributed by atoms with E-state index in [0.717, 1.165) is 28.1 Å². The zero-order chi connectivity index (χ0) is 17.6. The molecule has 1 amide bonds. The number of nitrogens with zero attached hydrogens (tertiary/aromatic N) is 2. The van der Waals surface area contributed by atoms with Crippen molar-refractivity contribution >= 4 is 5.91 Å². The minimum absolute atomic E-state index is 0.0113. The van der Waals surface area contributed by atoms with Crippen molar-refractivity contribution in [3.8, 4) is 11.4 Å². The lowest BCUT2D eigenvalue weighted by Gasteiger charge is -2.10. The van der Waals surface area contributed by atoms with E-state index in [1.807, 2.05) is 67.1 Å². The van der Waals surface area contributed by atoms with Crippen LogP contribution in [0.2, 0.25) is 0 Å². The smallest absolute Gasteiger partial charge is 0.258 e. The van der Waals surface area contributed by atoms with E-state index in [1.165, 1.54) is 0 Å². The molecule has 1 N–H and O–H groups in total. The number of aryl methyl sites for hydroxylation is 2. The first-order valence-electron chi connectivity index (χ1n) is 8.16. The Labute approximate surface area is 147 Å². The van der Waals surface area contributed by atoms with Gasteiger partial charge >= 0.3 is 0 Å². The fourth-order valence-electron chi connectivity index (χ4n) is 2.46. The molecule has 3 aromatic rings. The number of ether oxygens (including phenoxy) is 1. The van der Waals surface area contributed by atoms with Gasteiger partial charge in [0.2, 0.25) is 0 Å². The van der Waals surface area contributed by atoms with Gasteiger partial charge in [0.1, 0.15) is 5.75 Å². The van der Waals surface area contributed by atoms with Gasteiger partial charge in [-0.25, -0.2) is 4.98 Å². The maximum absolute atomic E-state index is 12.0. The lowest BCUT2D eigenvalue weighted by molar-refractivity contribution is -0.123. The highest BCUT2D eigenvalue weighted by Gasteiger charge is 2.05. The van der Waals surface area contributed by atoms with Crippen LogP contribution < -0.4 is 10.1 Å². The molecule has 0 saturated carbocycles. The van der Waals surface area contributed by atoms with E-state index in [-0.39, 0.29) is 12.5 Å². The van der Waals surface area contributed by atoms with E-state index >= 15 is 0 Å². The highest BCUT2D eigenvalue weighted by Crippen LogP contribution is 2.18. The maximum atomic E-state index is 12.0. The molecule has 3 rings (SSSR count). The Morgan fingerprint density at radius 1 is 1.16 bits per heavy atom. The largest absolute Gasteiger partial charge is 0.483 e. The van der Waals surface area contributed by atoms with Crippen molar-refractivity contribution in [3.05, 3.63) is 77.9 Å². The van der Waals surface area contributed by atoms with Crippen LogP contribution in [0.3, 0.4) is 0 Å². The number of imidazole rings is 1. The lowest BCUT2D eigenvalue weighted by atomic mass is 10.1. The van der Waals surface area contributed by atoms with Crippen molar-refractivity contribution in [1.82, 2.24) is 14.9 Å². The number of aromatic nitrogens is 2. The summed E-state index contributed by atoms with van der Waals surface area (Å²) >= 11 is 0. The number of nitrogens with one attached hydrogen (secondary N) is 1. The lowest BCUT2D eigenvalue weighted by Crippen LogP contribution is -2.28. The topological polar surface area (TPSA) is 56.1 Å². The zero-order valence-corrected chi connectivity index (χ0v) is 14.4. The fraction of sp³-hybridized carbons (Fsp3) is 0.200. The van der Waals surface area contributed by atoms with E-state index < -0.39 is 0 Å². The monoisotopic (exact) mass is 335 g/mol. The number of rotatable bonds is 6. The molecule has 0 aliphatic carbocycles. The first-order chi connectivity index (χ1) is 12.1. The third-order valence-electron chi connectivity index (χ3n) is 3.93. The van der Waals surface area contributed by atoms with Gasteiger partial charge in [-0.1, -0.05) is 24.3 Å². The van der Waals surface area contributed by atoms with Crippen LogP contribution in [0, 0.1) is 13.8 Å². The van der Waals surface area contributed by atoms with Gasteiger partial charge < -0.3 is 14.6 Å². The number of hydrogen-bond acceptors (Lipinski definition) is 3. The van der Waals surface area contributed by atoms with Crippen LogP contribution in [0.1, 0.15) is 16.7 Å². The predicted molar refractivity (Wildman–Crippen MR) is 96.8 cm³/mol. The van der Waals surface area contributed by atoms with Crippen molar-refractivity contribution in [1.29, 1.82) is 0 Å². The summed E-state index contributed by atoms with van der Waals surface area (Å²) in [7, 11) is 0. The molecule has 5 nitrogen and oxygen atoms in total. The molecule has 1 aromatic heterocycles. The Morgan fingerprint density at radius 3 is 2.68 bits per heavy atom. The summed E-state index contributed by atoms with van der Waals surface area (Å²) < 4.78 is 7.54. The molecule has 0 unspecified atom stereocenters. The summed E-state index contributed by atoms with van der Waals surface area (Å²) in [5.74, 6) is 0.611. The van der Waals surface area contributed by atoms with Crippen molar-refractivity contribution in [2.75, 3.05) is 6.61 Å². The Balaban J connectivity index is 1.49. The van der Waals surface area contributed by atoms with Crippen LogP contribution in [0.4, 0.5) is 0 Å². The Bertz CT molecular complexity index is 840. The van der Waals surface area contributed by atoms with E-state index in [4.69, 9.17) is 4.74 Å². The van der Waals surface area contributed by atoms with Crippen molar-refractivity contribution in [2.24, 2.45) is 0 Å². The Kier molecular flexibility index (Phi) is 5.14. The minimum atomic E-state index is -0.139. The average molecular weight is 335 g/mol. The number of hydrogen-bond donors (Lipinski definition) is 1. The van der Waals surface area contributed by atoms with Crippen molar-refractivity contribution in [3.63, 3.8) is 0 Å². The fourth-order valence-corrected chi connectivity index (χ4v) is 2.46. The number of carbonyl (C=O) groups excluding carboxylic acids is 1. The number of benzene rings is 2. The van der Waals surface area contributed by atoms with E-state index in [2.05, 4.69) is 10.3 Å². The van der Waals surface area contributed by atoms with Crippen molar-refractivity contribution < 1.29 is 9.53 Å². The Hall–Kier alpha value is -3.08. The normalized spacial score (nSPS) is 10.5. The summed E-state index contributed by atoms with van der Waals surface area (Å²) in [6.07, 6.45) is 5.38. The number of amides is 1. The molecule has 0 fully saturated rings. The number of carbonyl (C=O) groups is 1. The van der Waals surface area contributed by atoms with Crippen LogP contribution in [-0.2, 0) is 11.3 Å². The molecule has 25 heavy (non-hydrogen) atoms. The van der Waals surface area contributed by atoms with Gasteiger partial charge in [-0.2, -0.15) is 0 Å². The standard InChI is InChI=1S/C20H21N3O2/c1-15-3-4-16(2)19(11-15)25-13-20(24)22-12-17-5-7-18(8-6-17)23-10-9-21-14-23/h3-11,14H,12-13H2,1-2H3,(H,22,24). The van der Waals surface area contributed by atoms with E-state index in [1.54, 1.807) is 12.5 Å². The molecule has 0 aliphatic rings. The molecule has 0 bridgehead atoms. The van der Waals surface area contributed by atoms with Crippen LogP contribution in [-0.4, -0.2) is 22.1 Å². The molecule has 128 valence electrons. The molecular formula is C20H21N3O2. The third-order valence-corrected chi connectivity index (χ3v) is 3.93. The van der Waals surface area contributed by atoms with Gasteiger partial charge in [0.15, 0.2) is 6.61 Å². The molecule has 0 radical (unpaired) electrons. The predicted octanol–water partition coefficient (Wildman–Crippen LogP) is 3.18. The van der Waals surface area contributed by atoms with Crippen LogP contribution in [0.15, 0.2) is 61.2 Å². The first kappa shape index (κ1) is 16.8. The molecule has 0 spiro atoms. The highest BCUT2D eigenvalue weighted by atomic mass is 16.5. The van der Waals surface area contributed by atoms with Gasteiger partial charge in [-0.15, -0.1) is 0 Å². The van der Waals surface area contributed by atoms with Crippen LogP contribution in [0.25, 0.3) is 5.69 Å². The van der Waals surface area contributed by atoms with Crippen LogP contribution in [0.5, 0.6) is 5.75 Å². The molecule has 5 heteroatoms. The van der Waals surface area contributed by atoms with E-state index in [9.17, 15) is 4.79 Å². The first-order valence-corrected chi connectivity index (χ1v) is 8.16. The minimum Gasteiger partial charge on any atom is -0.483 e. The highest BCUT2D eigenvalue weighted by molar-refractivity contribution is 5.77. The molecular weight excluding hydrogens is 314 g/mol. The summed E-state index contributed by atoms with van der Waals surface area (Å²) in [4.78, 5) is 16.0. The Morgan fingerprint density at radius 2 is 1.96 bits per heavy atom. The third kappa shape index (κ3) is 4.47. The second kappa shape index (κ2) is 7.66. The summed E-state index contributed by atoms with van der Waals surface area (Å²) in [6, 6.07) is 13.9. The summed E-state index contributed by atoms with van der Waals surface area (Å²) in [5, 5.41) is 2.87. The maximum Gasteiger partial charge on any atom is 0.258 e. The van der Waals surface area contributed by atoms with Gasteiger partial charge in [-0.3, -0.25) is 4.79 Å². The second-order valence-electron chi connectivity index (χ2n) is 5.97. The molecule has 0 aliphatic heterocycles. The molecule has 2 aromatic carbocycles. The van der Waals surface area contributed by atoms with Gasteiger partial charge in [0, 0.05) is 24.6 Å². The van der Waals surface area contributed by atoms with Crippen molar-refractivity contribution in [2.45, 2.75) is 20.4 Å². The SMILES string of the molecule is Cc1ccc(C)c(OCC(=O)NCc2ccc(-n3ccnc3)cc2)c1. The average Bonchev–Trinajstić information content (AvgIpc) is 3.16. The van der Waals surface area contributed by atoms with E-state index in [0.29, 0.717) is 6.54 Å². The quantitative estimate of drug-likeness (QED) is 0.753. The zero-order valence-electron chi connectivity index (χ0n) is 14.4. The van der Waals surface area contributed by atoms with Gasteiger partial charge in [0.05, 0.1) is 6.33 Å². The van der Waals surface area contributed by atoms with Crippen LogP contribution >= 0.6 is 0 Å². The molecule has 1 heterocycles. The molecule has 0 saturated heterocycles. The summed E-state index contributed by atoms with van der Waals surface area (Å²) in [5.41, 5.74) is 4.20. The summed E-state index contributed by atoms with van der Waals surface area (Å²) in [6.45, 7) is 4.45. The van der Waals surface area contributed by atoms with Gasteiger partial charge in [0.25, 0.3) is 5.91 Å².